The fourth-order valence-electron chi connectivity index (χ4n) is 3.49. The largest absolute Gasteiger partial charge is 0.493 e. The fourth-order valence-corrected chi connectivity index (χ4v) is 3.49. The van der Waals surface area contributed by atoms with Crippen LogP contribution >= 0.6 is 24.8 Å². The van der Waals surface area contributed by atoms with Crippen LogP contribution in [0.15, 0.2) is 12.1 Å². The highest BCUT2D eigenvalue weighted by molar-refractivity contribution is 5.85. The number of hydrogen-bond acceptors (Lipinski definition) is 5. The van der Waals surface area contributed by atoms with E-state index in [9.17, 15) is 0 Å². The number of rotatable bonds is 5. The van der Waals surface area contributed by atoms with E-state index in [1.165, 1.54) is 0 Å². The Labute approximate surface area is 164 Å². The lowest BCUT2D eigenvalue weighted by atomic mass is 9.80. The lowest BCUT2D eigenvalue weighted by Crippen LogP contribution is -2.48. The fraction of sp³-hybridized carbons (Fsp3) is 0.667. The van der Waals surface area contributed by atoms with E-state index in [1.807, 2.05) is 6.07 Å². The van der Waals surface area contributed by atoms with E-state index in [2.05, 4.69) is 37.1 Å². The zero-order valence-electron chi connectivity index (χ0n) is 16.0. The van der Waals surface area contributed by atoms with Gasteiger partial charge in [0, 0.05) is 37.8 Å². The molecule has 1 aliphatic rings. The van der Waals surface area contributed by atoms with Gasteiger partial charge < -0.3 is 19.5 Å². The number of ether oxygens (including phenoxy) is 3. The Morgan fingerprint density at radius 3 is 1.92 bits per heavy atom. The molecule has 0 aliphatic carbocycles. The van der Waals surface area contributed by atoms with Crippen molar-refractivity contribution in [3.8, 4) is 17.2 Å². The molecule has 1 aromatic rings. The lowest BCUT2D eigenvalue weighted by Gasteiger charge is -2.43. The van der Waals surface area contributed by atoms with E-state index in [1.54, 1.807) is 21.3 Å². The highest BCUT2D eigenvalue weighted by Crippen LogP contribution is 2.48. The maximum Gasteiger partial charge on any atom is 0.203 e. The monoisotopic (exact) mass is 394 g/mol. The van der Waals surface area contributed by atoms with Crippen molar-refractivity contribution in [1.82, 2.24) is 10.2 Å². The van der Waals surface area contributed by atoms with Crippen molar-refractivity contribution in [2.75, 3.05) is 47.5 Å². The van der Waals surface area contributed by atoms with Crippen LogP contribution in [0.25, 0.3) is 0 Å². The third-order valence-corrected chi connectivity index (χ3v) is 4.37. The van der Waals surface area contributed by atoms with Crippen LogP contribution < -0.4 is 19.5 Å². The van der Waals surface area contributed by atoms with Gasteiger partial charge in [0.15, 0.2) is 11.5 Å². The molecule has 0 aromatic heterocycles. The first-order valence-corrected chi connectivity index (χ1v) is 8.17. The molecule has 146 valence electrons. The molecular weight excluding hydrogens is 363 g/mol. The van der Waals surface area contributed by atoms with Gasteiger partial charge in [-0.2, -0.15) is 0 Å². The van der Waals surface area contributed by atoms with Gasteiger partial charge in [0.25, 0.3) is 0 Å². The van der Waals surface area contributed by atoms with Crippen LogP contribution in [0.1, 0.15) is 32.4 Å². The summed E-state index contributed by atoms with van der Waals surface area (Å²) in [5.41, 5.74) is 1.23. The second kappa shape index (κ2) is 10.3. The third-order valence-electron chi connectivity index (χ3n) is 4.37. The molecule has 0 saturated carbocycles. The van der Waals surface area contributed by atoms with Crippen LogP contribution in [0.4, 0.5) is 0 Å². The van der Waals surface area contributed by atoms with Crippen LogP contribution in [-0.2, 0) is 0 Å². The summed E-state index contributed by atoms with van der Waals surface area (Å²) >= 11 is 0. The minimum atomic E-state index is 0. The number of nitrogens with zero attached hydrogens (tertiary/aromatic N) is 1. The molecule has 0 unspecified atom stereocenters. The van der Waals surface area contributed by atoms with Crippen molar-refractivity contribution in [3.05, 3.63) is 17.7 Å². The first kappa shape index (κ1) is 24.1. The molecule has 1 N–H and O–H groups in total. The number of hydrogen-bond donors (Lipinski definition) is 1. The summed E-state index contributed by atoms with van der Waals surface area (Å²) in [5, 5.41) is 3.42. The second-order valence-corrected chi connectivity index (χ2v) is 6.98. The molecule has 1 fully saturated rings. The molecule has 25 heavy (non-hydrogen) atoms. The Bertz CT molecular complexity index is 530. The Morgan fingerprint density at radius 2 is 1.48 bits per heavy atom. The lowest BCUT2D eigenvalue weighted by molar-refractivity contribution is 0.0837. The van der Waals surface area contributed by atoms with E-state index < -0.39 is 0 Å². The zero-order chi connectivity index (χ0) is 17.0. The zero-order valence-corrected chi connectivity index (χ0v) is 17.7. The van der Waals surface area contributed by atoms with Crippen molar-refractivity contribution < 1.29 is 14.2 Å². The Kier molecular flexibility index (Phi) is 9.95. The number of methoxy groups -OCH3 is 3. The summed E-state index contributed by atoms with van der Waals surface area (Å²) < 4.78 is 16.7. The number of halogens is 2. The van der Waals surface area contributed by atoms with Crippen LogP contribution in [0.3, 0.4) is 0 Å². The van der Waals surface area contributed by atoms with Crippen LogP contribution in [-0.4, -0.2) is 52.4 Å². The maximum atomic E-state index is 5.73. The van der Waals surface area contributed by atoms with Gasteiger partial charge in [0.2, 0.25) is 5.75 Å². The van der Waals surface area contributed by atoms with E-state index in [4.69, 9.17) is 14.2 Å². The van der Waals surface area contributed by atoms with Gasteiger partial charge in [-0.15, -0.1) is 24.8 Å². The van der Waals surface area contributed by atoms with E-state index in [-0.39, 0.29) is 36.3 Å². The third kappa shape index (κ3) is 5.30. The Balaban J connectivity index is 0.00000288. The van der Waals surface area contributed by atoms with Gasteiger partial charge in [-0.25, -0.2) is 0 Å². The molecule has 2 rings (SSSR count). The van der Waals surface area contributed by atoms with Gasteiger partial charge in [-0.1, -0.05) is 20.8 Å². The summed E-state index contributed by atoms with van der Waals surface area (Å²) in [4.78, 5) is 2.53. The quantitative estimate of drug-likeness (QED) is 0.826. The number of piperazine rings is 1. The average molecular weight is 395 g/mol. The SMILES string of the molecule is COc1ccc([C@H](N2CCNCC2)C(C)(C)C)c(OC)c1OC.Cl.Cl. The summed E-state index contributed by atoms with van der Waals surface area (Å²) in [5.74, 6) is 2.13. The minimum absolute atomic E-state index is 0. The molecule has 0 spiro atoms. The van der Waals surface area contributed by atoms with Gasteiger partial charge >= 0.3 is 0 Å². The second-order valence-electron chi connectivity index (χ2n) is 6.98. The highest BCUT2D eigenvalue weighted by Gasteiger charge is 2.35. The van der Waals surface area contributed by atoms with Crippen LogP contribution in [0.2, 0.25) is 0 Å². The Morgan fingerprint density at radius 1 is 0.920 bits per heavy atom. The molecule has 1 saturated heterocycles. The van der Waals surface area contributed by atoms with E-state index >= 15 is 0 Å². The number of benzene rings is 1. The maximum absolute atomic E-state index is 5.73. The smallest absolute Gasteiger partial charge is 0.203 e. The minimum Gasteiger partial charge on any atom is -0.493 e. The predicted octanol–water partition coefficient (Wildman–Crippen LogP) is 3.55. The average Bonchev–Trinajstić information content (AvgIpc) is 2.54. The van der Waals surface area contributed by atoms with Crippen LogP contribution in [0, 0.1) is 5.41 Å². The first-order valence-electron chi connectivity index (χ1n) is 8.17. The van der Waals surface area contributed by atoms with Gasteiger partial charge in [0.1, 0.15) is 0 Å². The topological polar surface area (TPSA) is 43.0 Å². The molecule has 0 amide bonds. The molecule has 0 radical (unpaired) electrons. The van der Waals surface area contributed by atoms with Gasteiger partial charge in [-0.3, -0.25) is 4.90 Å². The standard InChI is InChI=1S/C18H30N2O3.2ClH/c1-18(2,3)17(20-11-9-19-10-12-20)13-7-8-14(21-4)16(23-6)15(13)22-5;;/h7-8,17,19H,9-12H2,1-6H3;2*1H/t17-;;/m0../s1. The van der Waals surface area contributed by atoms with Crippen molar-refractivity contribution in [2.45, 2.75) is 26.8 Å². The van der Waals surface area contributed by atoms with Gasteiger partial charge in [0.05, 0.1) is 21.3 Å². The van der Waals surface area contributed by atoms with Crippen molar-refractivity contribution >= 4 is 24.8 Å². The van der Waals surface area contributed by atoms with E-state index in [0.29, 0.717) is 11.5 Å². The molecular formula is C18H32Cl2N2O3. The van der Waals surface area contributed by atoms with Crippen molar-refractivity contribution in [1.29, 1.82) is 0 Å². The summed E-state index contributed by atoms with van der Waals surface area (Å²) in [6.45, 7) is 10.9. The normalized spacial score (nSPS) is 16.2. The first-order chi connectivity index (χ1) is 10.9. The van der Waals surface area contributed by atoms with E-state index in [0.717, 1.165) is 37.5 Å². The Hall–Kier alpha value is -0.880. The summed E-state index contributed by atoms with van der Waals surface area (Å²) in [6.07, 6.45) is 0. The van der Waals surface area contributed by atoms with Crippen molar-refractivity contribution in [3.63, 3.8) is 0 Å². The molecule has 1 atom stereocenters. The predicted molar refractivity (Wildman–Crippen MR) is 107 cm³/mol. The molecule has 1 heterocycles. The van der Waals surface area contributed by atoms with Crippen molar-refractivity contribution in [2.24, 2.45) is 5.41 Å². The van der Waals surface area contributed by atoms with Crippen LogP contribution in [0.5, 0.6) is 17.2 Å². The molecule has 1 aromatic carbocycles. The number of nitrogens with one attached hydrogen (secondary N) is 1. The molecule has 1 aliphatic heterocycles. The summed E-state index contributed by atoms with van der Waals surface area (Å²) in [7, 11) is 4.99. The molecule has 0 bridgehead atoms. The van der Waals surface area contributed by atoms with Gasteiger partial charge in [-0.05, 0) is 17.5 Å². The molecule has 7 heteroatoms. The molecule has 5 nitrogen and oxygen atoms in total. The summed E-state index contributed by atoms with van der Waals surface area (Å²) in [6, 6.07) is 4.33. The highest BCUT2D eigenvalue weighted by atomic mass is 35.5.